The molecule has 0 aliphatic rings. The predicted molar refractivity (Wildman–Crippen MR) is 119 cm³/mol. The quantitative estimate of drug-likeness (QED) is 0.411. The predicted octanol–water partition coefficient (Wildman–Crippen LogP) is 2.73. The lowest BCUT2D eigenvalue weighted by molar-refractivity contribution is -0.149. The molecule has 2 N–H and O–H groups in total. The van der Waals surface area contributed by atoms with E-state index in [-0.39, 0.29) is 24.5 Å². The topological polar surface area (TPSA) is 106 Å². The summed E-state index contributed by atoms with van der Waals surface area (Å²) < 4.78 is 7.54. The number of amides is 1. The Kier molecular flexibility index (Phi) is 5.85. The van der Waals surface area contributed by atoms with Crippen LogP contribution in [-0.2, 0) is 27.4 Å². The molecule has 0 spiro atoms. The lowest BCUT2D eigenvalue weighted by Gasteiger charge is -2.16. The summed E-state index contributed by atoms with van der Waals surface area (Å²) in [6.07, 6.45) is 3.70. The maximum Gasteiger partial charge on any atom is 0.329 e. The van der Waals surface area contributed by atoms with Gasteiger partial charge < -0.3 is 15.0 Å². The van der Waals surface area contributed by atoms with Crippen LogP contribution in [0.15, 0.2) is 64.1 Å². The van der Waals surface area contributed by atoms with E-state index in [0.717, 1.165) is 20.9 Å². The molecular formula is C22H19BrN4O4. The number of para-hydroxylation sites is 1. The number of aromatic amines is 1. The molecule has 9 heteroatoms. The highest BCUT2D eigenvalue weighted by atomic mass is 79.9. The lowest BCUT2D eigenvalue weighted by Crippen LogP contribution is -2.42. The van der Waals surface area contributed by atoms with Crippen LogP contribution < -0.4 is 10.9 Å². The van der Waals surface area contributed by atoms with Gasteiger partial charge in [0, 0.05) is 47.2 Å². The van der Waals surface area contributed by atoms with Gasteiger partial charge in [-0.25, -0.2) is 9.78 Å². The number of fused-ring (bicyclic) bond motifs is 2. The van der Waals surface area contributed by atoms with Gasteiger partial charge in [-0.15, -0.1) is 0 Å². The number of H-pyrrole nitrogens is 1. The van der Waals surface area contributed by atoms with Gasteiger partial charge in [0.25, 0.3) is 5.56 Å². The minimum Gasteiger partial charge on any atom is -0.458 e. The Morgan fingerprint density at radius 3 is 2.87 bits per heavy atom. The van der Waals surface area contributed by atoms with Crippen LogP contribution in [0.4, 0.5) is 0 Å². The van der Waals surface area contributed by atoms with E-state index < -0.39 is 12.0 Å². The second-order valence-corrected chi connectivity index (χ2v) is 8.00. The van der Waals surface area contributed by atoms with Gasteiger partial charge >= 0.3 is 5.97 Å². The number of rotatable bonds is 6. The molecule has 4 rings (SSSR count). The van der Waals surface area contributed by atoms with Crippen molar-refractivity contribution in [3.8, 4) is 0 Å². The summed E-state index contributed by atoms with van der Waals surface area (Å²) in [6.45, 7) is 1.17. The van der Waals surface area contributed by atoms with E-state index in [0.29, 0.717) is 11.3 Å². The Balaban J connectivity index is 1.51. The summed E-state index contributed by atoms with van der Waals surface area (Å²) in [5.41, 5.74) is 2.32. The number of aromatic nitrogens is 3. The molecular weight excluding hydrogens is 464 g/mol. The first-order chi connectivity index (χ1) is 14.9. The molecule has 0 fully saturated rings. The van der Waals surface area contributed by atoms with Crippen LogP contribution in [0.2, 0.25) is 0 Å². The van der Waals surface area contributed by atoms with E-state index in [2.05, 4.69) is 31.2 Å². The van der Waals surface area contributed by atoms with Gasteiger partial charge in [-0.1, -0.05) is 18.2 Å². The van der Waals surface area contributed by atoms with Crippen molar-refractivity contribution in [1.82, 2.24) is 19.7 Å². The van der Waals surface area contributed by atoms with Crippen molar-refractivity contribution < 1.29 is 14.3 Å². The zero-order valence-corrected chi connectivity index (χ0v) is 18.2. The Labute approximate surface area is 185 Å². The van der Waals surface area contributed by atoms with E-state index in [9.17, 15) is 14.4 Å². The minimum absolute atomic E-state index is 0.176. The molecule has 4 aromatic rings. The van der Waals surface area contributed by atoms with Crippen LogP contribution in [0.1, 0.15) is 18.2 Å². The third-order valence-corrected chi connectivity index (χ3v) is 5.27. The highest BCUT2D eigenvalue weighted by Gasteiger charge is 2.23. The molecule has 8 nitrogen and oxygen atoms in total. The number of halogens is 1. The lowest BCUT2D eigenvalue weighted by atomic mass is 10.0. The molecule has 0 aliphatic carbocycles. The average Bonchev–Trinajstić information content (AvgIpc) is 3.15. The highest BCUT2D eigenvalue weighted by Crippen LogP contribution is 2.19. The van der Waals surface area contributed by atoms with Gasteiger partial charge in [-0.05, 0) is 39.7 Å². The smallest absolute Gasteiger partial charge is 0.329 e. The molecule has 1 atom stereocenters. The van der Waals surface area contributed by atoms with Crippen LogP contribution in [-0.4, -0.2) is 32.3 Å². The Morgan fingerprint density at radius 2 is 2.06 bits per heavy atom. The first-order valence-electron chi connectivity index (χ1n) is 9.57. The van der Waals surface area contributed by atoms with Crippen molar-refractivity contribution in [2.45, 2.75) is 26.0 Å². The number of nitrogens with zero attached hydrogens (tertiary/aromatic N) is 2. The number of pyridine rings is 1. The fourth-order valence-electron chi connectivity index (χ4n) is 3.40. The summed E-state index contributed by atoms with van der Waals surface area (Å²) in [7, 11) is 0. The SMILES string of the molecule is CC(=O)NC(Cc1c[nH]c2ccccc12)C(=O)OCc1cc(=O)n2cc(Br)ccc2n1. The number of carbonyl (C=O) groups is 2. The van der Waals surface area contributed by atoms with Crippen molar-refractivity contribution >= 4 is 44.4 Å². The second-order valence-electron chi connectivity index (χ2n) is 7.09. The van der Waals surface area contributed by atoms with Crippen LogP contribution in [0.5, 0.6) is 0 Å². The van der Waals surface area contributed by atoms with E-state index in [1.807, 2.05) is 30.5 Å². The Bertz CT molecular complexity index is 1340. The number of ether oxygens (including phenoxy) is 1. The maximum atomic E-state index is 12.7. The van der Waals surface area contributed by atoms with Gasteiger partial charge in [-0.3, -0.25) is 14.0 Å². The molecule has 1 unspecified atom stereocenters. The van der Waals surface area contributed by atoms with Crippen LogP contribution in [0.25, 0.3) is 16.6 Å². The average molecular weight is 483 g/mol. The molecule has 1 aromatic carbocycles. The fraction of sp³-hybridized carbons (Fsp3) is 0.182. The second kappa shape index (κ2) is 8.73. The summed E-state index contributed by atoms with van der Waals surface area (Å²) in [4.78, 5) is 44.2. The molecule has 31 heavy (non-hydrogen) atoms. The third kappa shape index (κ3) is 4.66. The minimum atomic E-state index is -0.866. The van der Waals surface area contributed by atoms with Crippen molar-refractivity contribution in [2.75, 3.05) is 0 Å². The van der Waals surface area contributed by atoms with Crippen molar-refractivity contribution in [3.05, 3.63) is 80.9 Å². The van der Waals surface area contributed by atoms with E-state index in [1.165, 1.54) is 17.4 Å². The zero-order valence-electron chi connectivity index (χ0n) is 16.6. The summed E-state index contributed by atoms with van der Waals surface area (Å²) in [5, 5.41) is 3.62. The number of nitrogens with one attached hydrogen (secondary N) is 2. The van der Waals surface area contributed by atoms with Crippen molar-refractivity contribution in [2.24, 2.45) is 0 Å². The van der Waals surface area contributed by atoms with Crippen LogP contribution in [0.3, 0.4) is 0 Å². The summed E-state index contributed by atoms with van der Waals surface area (Å²) in [6, 6.07) is 11.6. The van der Waals surface area contributed by atoms with Gasteiger partial charge in [0.05, 0.1) is 5.69 Å². The fourth-order valence-corrected chi connectivity index (χ4v) is 3.74. The zero-order chi connectivity index (χ0) is 22.0. The standard InChI is InChI=1S/C22H19BrN4O4/c1-13(28)25-19(8-14-10-24-18-5-3-2-4-17(14)18)22(30)31-12-16-9-21(29)27-11-15(23)6-7-20(27)26-16/h2-7,9-11,19,24H,8,12H2,1H3,(H,25,28). The number of benzene rings is 1. The van der Waals surface area contributed by atoms with Gasteiger partial charge in [0.1, 0.15) is 18.3 Å². The molecule has 158 valence electrons. The van der Waals surface area contributed by atoms with Crippen molar-refractivity contribution in [1.29, 1.82) is 0 Å². The molecule has 0 saturated carbocycles. The maximum absolute atomic E-state index is 12.7. The van der Waals surface area contributed by atoms with Gasteiger partial charge in [0.2, 0.25) is 5.91 Å². The molecule has 0 aliphatic heterocycles. The monoisotopic (exact) mass is 482 g/mol. The van der Waals surface area contributed by atoms with E-state index in [1.54, 1.807) is 18.3 Å². The molecule has 0 radical (unpaired) electrons. The molecule has 0 bridgehead atoms. The van der Waals surface area contributed by atoms with Gasteiger partial charge in [0.15, 0.2) is 0 Å². The van der Waals surface area contributed by atoms with Crippen molar-refractivity contribution in [3.63, 3.8) is 0 Å². The largest absolute Gasteiger partial charge is 0.458 e. The normalized spacial score (nSPS) is 12.1. The number of hydrogen-bond acceptors (Lipinski definition) is 5. The first-order valence-corrected chi connectivity index (χ1v) is 10.4. The van der Waals surface area contributed by atoms with Gasteiger partial charge in [-0.2, -0.15) is 0 Å². The number of carbonyl (C=O) groups excluding carboxylic acids is 2. The summed E-state index contributed by atoms with van der Waals surface area (Å²) in [5.74, 6) is -0.937. The third-order valence-electron chi connectivity index (χ3n) is 4.80. The molecule has 0 saturated heterocycles. The number of hydrogen-bond donors (Lipinski definition) is 2. The molecule has 1 amide bonds. The Morgan fingerprint density at radius 1 is 1.26 bits per heavy atom. The Hall–Kier alpha value is -3.46. The number of esters is 1. The van der Waals surface area contributed by atoms with E-state index >= 15 is 0 Å². The molecule has 3 heterocycles. The molecule has 3 aromatic heterocycles. The highest BCUT2D eigenvalue weighted by molar-refractivity contribution is 9.10. The summed E-state index contributed by atoms with van der Waals surface area (Å²) >= 11 is 3.32. The first kappa shape index (κ1) is 20.8. The van der Waals surface area contributed by atoms with Crippen LogP contribution >= 0.6 is 15.9 Å². The van der Waals surface area contributed by atoms with E-state index in [4.69, 9.17) is 4.74 Å². The van der Waals surface area contributed by atoms with Crippen LogP contribution in [0, 0.1) is 0 Å².